The van der Waals surface area contributed by atoms with Crippen LogP contribution in [0.5, 0.6) is 0 Å². The zero-order chi connectivity index (χ0) is 38.0. The maximum atomic E-state index is 12.8. The van der Waals surface area contributed by atoms with Gasteiger partial charge in [0.05, 0.1) is 26.4 Å². The third-order valence-corrected chi connectivity index (χ3v) is 11.6. The van der Waals surface area contributed by atoms with E-state index in [2.05, 4.69) is 42.5 Å². The lowest BCUT2D eigenvalue weighted by Crippen LogP contribution is -2.36. The first-order valence-electron chi connectivity index (χ1n) is 22.6. The van der Waals surface area contributed by atoms with Gasteiger partial charge in [0.2, 0.25) is 0 Å². The van der Waals surface area contributed by atoms with Gasteiger partial charge in [-0.15, -0.1) is 0 Å². The van der Waals surface area contributed by atoms with Crippen molar-refractivity contribution < 1.29 is 23.8 Å². The van der Waals surface area contributed by atoms with Crippen molar-refractivity contribution in [2.45, 2.75) is 194 Å². The van der Waals surface area contributed by atoms with Gasteiger partial charge in [0, 0.05) is 25.9 Å². The fraction of sp³-hybridized carbons (Fsp3) is 0.851. The molecule has 2 atom stereocenters. The number of esters is 2. The molecule has 2 heterocycles. The predicted octanol–water partition coefficient (Wildman–Crippen LogP) is 12.3. The van der Waals surface area contributed by atoms with Crippen LogP contribution in [-0.4, -0.2) is 62.9 Å². The number of unbranched alkanes of at least 4 members (excludes halogenated alkanes) is 6. The highest BCUT2D eigenvalue weighted by molar-refractivity contribution is 5.69. The summed E-state index contributed by atoms with van der Waals surface area (Å²) in [6.45, 7) is 14.3. The molecule has 2 unspecified atom stereocenters. The van der Waals surface area contributed by atoms with E-state index in [9.17, 15) is 9.59 Å². The van der Waals surface area contributed by atoms with Crippen LogP contribution in [0, 0.1) is 17.8 Å². The van der Waals surface area contributed by atoms with Crippen molar-refractivity contribution in [3.63, 3.8) is 0 Å². The number of ether oxygens (including phenoxy) is 3. The Morgan fingerprint density at radius 1 is 0.604 bits per heavy atom. The van der Waals surface area contributed by atoms with Gasteiger partial charge in [-0.1, -0.05) is 147 Å². The third-order valence-electron chi connectivity index (χ3n) is 11.6. The molecule has 0 aliphatic carbocycles. The van der Waals surface area contributed by atoms with Gasteiger partial charge in [-0.2, -0.15) is 0 Å². The molecule has 0 aromatic rings. The summed E-state index contributed by atoms with van der Waals surface area (Å²) < 4.78 is 17.2. The van der Waals surface area contributed by atoms with Crippen LogP contribution in [0.2, 0.25) is 0 Å². The molecular formula is C47H81NO5. The molecule has 2 fully saturated rings. The van der Waals surface area contributed by atoms with Gasteiger partial charge in [0.25, 0.3) is 0 Å². The molecule has 53 heavy (non-hydrogen) atoms. The number of carbonyl (C=O) groups excluding carboxylic acids is 2. The van der Waals surface area contributed by atoms with Gasteiger partial charge < -0.3 is 14.2 Å². The first-order chi connectivity index (χ1) is 26.1. The average Bonchev–Trinajstić information content (AvgIpc) is 3.16. The number of nitrogens with zero attached hydrogens (tertiary/aromatic N) is 1. The highest BCUT2D eigenvalue weighted by Crippen LogP contribution is 2.33. The van der Waals surface area contributed by atoms with Gasteiger partial charge in [-0.05, 0) is 87.1 Å². The van der Waals surface area contributed by atoms with Crippen molar-refractivity contribution in [2.24, 2.45) is 17.8 Å². The molecule has 0 radical (unpaired) electrons. The van der Waals surface area contributed by atoms with E-state index in [0.29, 0.717) is 26.1 Å². The van der Waals surface area contributed by atoms with Crippen molar-refractivity contribution in [2.75, 3.05) is 46.1 Å². The van der Waals surface area contributed by atoms with Crippen LogP contribution in [0.4, 0.5) is 0 Å². The molecule has 6 nitrogen and oxygen atoms in total. The topological polar surface area (TPSA) is 65.1 Å². The first-order valence-corrected chi connectivity index (χ1v) is 22.6. The summed E-state index contributed by atoms with van der Waals surface area (Å²) in [6, 6.07) is 0. The molecule has 0 spiro atoms. The number of morpholine rings is 1. The van der Waals surface area contributed by atoms with E-state index < -0.39 is 0 Å². The van der Waals surface area contributed by atoms with Crippen molar-refractivity contribution in [3.8, 4) is 0 Å². The lowest BCUT2D eigenvalue weighted by Gasteiger charge is -2.26. The zero-order valence-electron chi connectivity index (χ0n) is 34.7. The van der Waals surface area contributed by atoms with Gasteiger partial charge in [-0.3, -0.25) is 14.5 Å². The quantitative estimate of drug-likeness (QED) is 0.100. The highest BCUT2D eigenvalue weighted by Gasteiger charge is 2.24. The van der Waals surface area contributed by atoms with Gasteiger partial charge in [0.15, 0.2) is 0 Å². The van der Waals surface area contributed by atoms with Crippen LogP contribution in [-0.2, 0) is 23.8 Å². The summed E-state index contributed by atoms with van der Waals surface area (Å²) in [6.07, 6.45) is 31.2. The Balaban J connectivity index is 1.98. The maximum absolute atomic E-state index is 12.8. The third kappa shape index (κ3) is 24.9. The van der Waals surface area contributed by atoms with Gasteiger partial charge in [-0.25, -0.2) is 0 Å². The Morgan fingerprint density at radius 3 is 1.64 bits per heavy atom. The number of allylic oxidation sites excluding steroid dienone is 1. The number of rotatable bonds is 14. The summed E-state index contributed by atoms with van der Waals surface area (Å²) in [5.41, 5.74) is 10.5. The van der Waals surface area contributed by atoms with E-state index in [-0.39, 0.29) is 23.8 Å². The monoisotopic (exact) mass is 740 g/mol. The summed E-state index contributed by atoms with van der Waals surface area (Å²) in [5.74, 6) is 1.19. The molecule has 0 amide bonds. The summed E-state index contributed by atoms with van der Waals surface area (Å²) in [5, 5.41) is 0. The molecule has 0 bridgehead atoms. The molecule has 6 heteroatoms. The molecule has 0 saturated carbocycles. The predicted molar refractivity (Wildman–Crippen MR) is 220 cm³/mol. The number of carbonyl (C=O) groups is 2. The second-order valence-electron chi connectivity index (χ2n) is 16.1. The largest absolute Gasteiger partial charge is 0.466 e. The van der Waals surface area contributed by atoms with Crippen LogP contribution in [0.25, 0.3) is 0 Å². The minimum atomic E-state index is -0.0640. The lowest BCUT2D eigenvalue weighted by atomic mass is 9.79. The van der Waals surface area contributed by atoms with E-state index in [1.165, 1.54) is 102 Å². The van der Waals surface area contributed by atoms with Crippen LogP contribution >= 0.6 is 0 Å². The summed E-state index contributed by atoms with van der Waals surface area (Å²) in [7, 11) is 0. The van der Waals surface area contributed by atoms with Crippen molar-refractivity contribution >= 4 is 11.9 Å². The van der Waals surface area contributed by atoms with E-state index >= 15 is 0 Å². The van der Waals surface area contributed by atoms with E-state index in [4.69, 9.17) is 14.2 Å². The molecule has 2 aliphatic heterocycles. The Bertz CT molecular complexity index is 995. The number of hydrogen-bond acceptors (Lipinski definition) is 6. The Labute approximate surface area is 326 Å². The minimum absolute atomic E-state index is 0.0640. The van der Waals surface area contributed by atoms with E-state index in [0.717, 1.165) is 109 Å². The van der Waals surface area contributed by atoms with Crippen molar-refractivity contribution in [1.29, 1.82) is 0 Å². The highest BCUT2D eigenvalue weighted by atomic mass is 16.5. The Hall–Kier alpha value is -2.06. The molecule has 304 valence electrons. The van der Waals surface area contributed by atoms with Gasteiger partial charge in [0.1, 0.15) is 0 Å². The molecule has 0 aromatic heterocycles. The number of cyclic esters (lactones) is 2. The average molecular weight is 740 g/mol. The second kappa shape index (κ2) is 33.3. The standard InChI is InChI=1S/C47H81NO5/c1-4-7-17-28-43-33-38-52-46(49)31-22-14-10-12-19-25-42(27-21-16-24-35-48-36-40-51-41-37-48)26-20-13-11-15-23-32-47(50)53-39-34-44(29-18-8-5-2)45(43)30-9-6-3/h42-44H,3-5,7-8,10-29,31-41H2,1-2H3. The molecule has 0 N–H and O–H groups in total. The van der Waals surface area contributed by atoms with Crippen LogP contribution in [0.3, 0.4) is 0 Å². The fourth-order valence-electron chi connectivity index (χ4n) is 8.29. The fourth-order valence-corrected chi connectivity index (χ4v) is 8.29. The van der Waals surface area contributed by atoms with Crippen molar-refractivity contribution in [3.05, 3.63) is 29.3 Å². The SMILES string of the molecule is C=C=C=C=C1C(CCCCC)CCOC(=O)CCCCCCCC(CCCCCN2CCOCC2)CCCCCCCC(=O)OCCC1CCCCC. The molecular weight excluding hydrogens is 659 g/mol. The van der Waals surface area contributed by atoms with Crippen molar-refractivity contribution in [1.82, 2.24) is 4.90 Å². The smallest absolute Gasteiger partial charge is 0.305 e. The summed E-state index contributed by atoms with van der Waals surface area (Å²) >= 11 is 0. The van der Waals surface area contributed by atoms with Crippen LogP contribution in [0.15, 0.2) is 29.3 Å². The normalized spacial score (nSPS) is 23.6. The van der Waals surface area contributed by atoms with Crippen LogP contribution in [0.1, 0.15) is 194 Å². The van der Waals surface area contributed by atoms with E-state index in [1.54, 1.807) is 0 Å². The first kappa shape index (κ1) is 47.1. The molecule has 0 aromatic carbocycles. The lowest BCUT2D eigenvalue weighted by molar-refractivity contribution is -0.144. The minimum Gasteiger partial charge on any atom is -0.466 e. The second-order valence-corrected chi connectivity index (χ2v) is 16.1. The maximum Gasteiger partial charge on any atom is 0.305 e. The van der Waals surface area contributed by atoms with E-state index in [1.807, 2.05) is 0 Å². The number of hydrogen-bond donors (Lipinski definition) is 0. The zero-order valence-corrected chi connectivity index (χ0v) is 34.7. The van der Waals surface area contributed by atoms with Crippen LogP contribution < -0.4 is 0 Å². The summed E-state index contributed by atoms with van der Waals surface area (Å²) in [4.78, 5) is 28.1. The molecule has 2 rings (SSSR count). The Kier molecular flexibility index (Phi) is 29.6. The molecule has 2 aliphatic rings. The van der Waals surface area contributed by atoms with Gasteiger partial charge >= 0.3 is 11.9 Å². The Morgan fingerprint density at radius 2 is 1.11 bits per heavy atom. The molecule has 2 saturated heterocycles.